The van der Waals surface area contributed by atoms with Crippen LogP contribution in [-0.4, -0.2) is 45.0 Å². The number of aliphatic hydroxyl groups is 1. The summed E-state index contributed by atoms with van der Waals surface area (Å²) < 4.78 is 0. The lowest BCUT2D eigenvalue weighted by molar-refractivity contribution is -0.385. The third-order valence-electron chi connectivity index (χ3n) is 3.61. The summed E-state index contributed by atoms with van der Waals surface area (Å²) in [6.45, 7) is 2.23. The van der Waals surface area contributed by atoms with Gasteiger partial charge in [-0.05, 0) is 18.4 Å². The van der Waals surface area contributed by atoms with Gasteiger partial charge in [-0.3, -0.25) is 14.9 Å². The molecule has 0 aromatic carbocycles. The maximum atomic E-state index is 12.5. The average molecular weight is 300 g/mol. The van der Waals surface area contributed by atoms with Gasteiger partial charge in [0.25, 0.3) is 11.6 Å². The van der Waals surface area contributed by atoms with E-state index < -0.39 is 10.8 Å². The highest BCUT2D eigenvalue weighted by atomic mass is 35.5. The Morgan fingerprint density at radius 3 is 3.00 bits per heavy atom. The van der Waals surface area contributed by atoms with Crippen molar-refractivity contribution in [2.75, 3.05) is 13.2 Å². The molecule has 1 aliphatic heterocycles. The molecule has 2 rings (SSSR count). The van der Waals surface area contributed by atoms with Crippen LogP contribution < -0.4 is 0 Å². The number of hydrogen-bond acceptors (Lipinski definition) is 5. The quantitative estimate of drug-likeness (QED) is 0.518. The summed E-state index contributed by atoms with van der Waals surface area (Å²) in [7, 11) is 0. The van der Waals surface area contributed by atoms with Gasteiger partial charge >= 0.3 is 0 Å². The predicted molar refractivity (Wildman–Crippen MR) is 71.6 cm³/mol. The van der Waals surface area contributed by atoms with E-state index in [1.54, 1.807) is 0 Å². The van der Waals surface area contributed by atoms with Gasteiger partial charge in [-0.1, -0.05) is 18.5 Å². The fraction of sp³-hybridized carbons (Fsp3) is 0.500. The van der Waals surface area contributed by atoms with Crippen LogP contribution in [0.1, 0.15) is 23.7 Å². The number of rotatable bonds is 3. The van der Waals surface area contributed by atoms with E-state index in [-0.39, 0.29) is 35.0 Å². The largest absolute Gasteiger partial charge is 0.394 e. The van der Waals surface area contributed by atoms with Crippen molar-refractivity contribution in [3.8, 4) is 0 Å². The summed E-state index contributed by atoms with van der Waals surface area (Å²) in [5, 5.41) is 20.4. The van der Waals surface area contributed by atoms with Gasteiger partial charge in [0.15, 0.2) is 0 Å². The fourth-order valence-corrected chi connectivity index (χ4v) is 2.59. The van der Waals surface area contributed by atoms with E-state index in [0.717, 1.165) is 12.6 Å². The highest BCUT2D eigenvalue weighted by Crippen LogP contribution is 2.28. The average Bonchev–Trinajstić information content (AvgIpc) is 2.78. The maximum absolute atomic E-state index is 12.5. The molecule has 0 bridgehead atoms. The van der Waals surface area contributed by atoms with E-state index in [9.17, 15) is 20.0 Å². The van der Waals surface area contributed by atoms with Crippen LogP contribution in [0.2, 0.25) is 5.15 Å². The highest BCUT2D eigenvalue weighted by molar-refractivity contribution is 6.29. The highest BCUT2D eigenvalue weighted by Gasteiger charge is 2.36. The Labute approximate surface area is 120 Å². The summed E-state index contributed by atoms with van der Waals surface area (Å²) in [6, 6.07) is 0.869. The lowest BCUT2D eigenvalue weighted by Crippen LogP contribution is -2.40. The zero-order chi connectivity index (χ0) is 14.9. The molecule has 0 aliphatic carbocycles. The third kappa shape index (κ3) is 2.59. The van der Waals surface area contributed by atoms with E-state index in [2.05, 4.69) is 4.98 Å². The number of halogens is 1. The molecule has 2 atom stereocenters. The second kappa shape index (κ2) is 5.72. The predicted octanol–water partition coefficient (Wildman–Crippen LogP) is 1.49. The van der Waals surface area contributed by atoms with E-state index in [1.165, 1.54) is 11.0 Å². The third-order valence-corrected chi connectivity index (χ3v) is 3.81. The van der Waals surface area contributed by atoms with Gasteiger partial charge in [0.1, 0.15) is 16.9 Å². The Hall–Kier alpha value is -1.73. The molecule has 8 heteroatoms. The Balaban J connectivity index is 2.38. The SMILES string of the molecule is CC1CCN(C(=O)c2cc(Cl)ncc2[N+](=O)[O-])C1CO. The molecule has 2 unspecified atom stereocenters. The summed E-state index contributed by atoms with van der Waals surface area (Å²) in [5.74, 6) is -0.343. The molecule has 1 aliphatic rings. The minimum atomic E-state index is -0.663. The first kappa shape index (κ1) is 14.7. The second-order valence-electron chi connectivity index (χ2n) is 4.80. The molecule has 0 saturated carbocycles. The molecule has 1 fully saturated rings. The first-order valence-corrected chi connectivity index (χ1v) is 6.55. The molecule has 0 spiro atoms. The number of likely N-dealkylation sites (tertiary alicyclic amines) is 1. The first-order chi connectivity index (χ1) is 9.45. The molecule has 1 aromatic heterocycles. The summed E-state index contributed by atoms with van der Waals surface area (Å²) >= 11 is 5.72. The van der Waals surface area contributed by atoms with Crippen molar-refractivity contribution in [1.82, 2.24) is 9.88 Å². The van der Waals surface area contributed by atoms with Gasteiger partial charge in [0.2, 0.25) is 0 Å². The molecular formula is C12H14ClN3O4. The lowest BCUT2D eigenvalue weighted by atomic mass is 10.0. The van der Waals surface area contributed by atoms with Crippen LogP contribution in [0.25, 0.3) is 0 Å². The topological polar surface area (TPSA) is 96.6 Å². The van der Waals surface area contributed by atoms with Crippen LogP contribution in [0.4, 0.5) is 5.69 Å². The molecule has 20 heavy (non-hydrogen) atoms. The number of carbonyl (C=O) groups is 1. The van der Waals surface area contributed by atoms with Crippen LogP contribution in [0.3, 0.4) is 0 Å². The standard InChI is InChI=1S/C12H14ClN3O4/c1-7-2-3-15(10(7)6-17)12(18)8-4-11(13)14-5-9(8)16(19)20/h4-5,7,10,17H,2-3,6H2,1H3. The minimum absolute atomic E-state index is 0.0201. The van der Waals surface area contributed by atoms with Gasteiger partial charge in [0, 0.05) is 6.54 Å². The zero-order valence-electron chi connectivity index (χ0n) is 10.8. The Bertz CT molecular complexity index is 552. The van der Waals surface area contributed by atoms with E-state index in [0.29, 0.717) is 6.54 Å². The number of aliphatic hydroxyl groups excluding tert-OH is 1. The van der Waals surface area contributed by atoms with Gasteiger partial charge in [-0.2, -0.15) is 0 Å². The number of nitro groups is 1. The zero-order valence-corrected chi connectivity index (χ0v) is 11.6. The second-order valence-corrected chi connectivity index (χ2v) is 5.18. The monoisotopic (exact) mass is 299 g/mol. The van der Waals surface area contributed by atoms with Crippen molar-refractivity contribution in [1.29, 1.82) is 0 Å². The molecule has 7 nitrogen and oxygen atoms in total. The molecular weight excluding hydrogens is 286 g/mol. The van der Waals surface area contributed by atoms with Crippen LogP contribution in [0, 0.1) is 16.0 Å². The number of aromatic nitrogens is 1. The Morgan fingerprint density at radius 1 is 1.70 bits per heavy atom. The summed E-state index contributed by atoms with van der Waals surface area (Å²) in [4.78, 5) is 27.9. The minimum Gasteiger partial charge on any atom is -0.394 e. The fourth-order valence-electron chi connectivity index (χ4n) is 2.43. The van der Waals surface area contributed by atoms with Crippen molar-refractivity contribution in [3.63, 3.8) is 0 Å². The van der Waals surface area contributed by atoms with Gasteiger partial charge in [-0.15, -0.1) is 0 Å². The van der Waals surface area contributed by atoms with Gasteiger partial charge in [0.05, 0.1) is 17.6 Å². The molecule has 1 N–H and O–H groups in total. The van der Waals surface area contributed by atoms with Crippen molar-refractivity contribution < 1.29 is 14.8 Å². The smallest absolute Gasteiger partial charge is 0.300 e. The number of nitrogens with zero attached hydrogens (tertiary/aromatic N) is 3. The van der Waals surface area contributed by atoms with E-state index >= 15 is 0 Å². The number of pyridine rings is 1. The van der Waals surface area contributed by atoms with Crippen LogP contribution in [-0.2, 0) is 0 Å². The van der Waals surface area contributed by atoms with Gasteiger partial charge < -0.3 is 10.0 Å². The van der Waals surface area contributed by atoms with Crippen LogP contribution in [0.15, 0.2) is 12.3 Å². The molecule has 0 radical (unpaired) electrons. The van der Waals surface area contributed by atoms with Crippen molar-refractivity contribution in [3.05, 3.63) is 33.1 Å². The molecule has 1 saturated heterocycles. The molecule has 108 valence electrons. The Kier molecular flexibility index (Phi) is 4.20. The van der Waals surface area contributed by atoms with E-state index in [4.69, 9.17) is 11.6 Å². The van der Waals surface area contributed by atoms with E-state index in [1.807, 2.05) is 6.92 Å². The first-order valence-electron chi connectivity index (χ1n) is 6.17. The molecule has 1 amide bonds. The van der Waals surface area contributed by atoms with Crippen LogP contribution >= 0.6 is 11.6 Å². The van der Waals surface area contributed by atoms with Crippen molar-refractivity contribution >= 4 is 23.2 Å². The van der Waals surface area contributed by atoms with Gasteiger partial charge in [-0.25, -0.2) is 4.98 Å². The van der Waals surface area contributed by atoms with Crippen molar-refractivity contribution in [2.24, 2.45) is 5.92 Å². The normalized spacial score (nSPS) is 22.1. The van der Waals surface area contributed by atoms with Crippen molar-refractivity contribution in [2.45, 2.75) is 19.4 Å². The number of carbonyl (C=O) groups excluding carboxylic acids is 1. The lowest BCUT2D eigenvalue weighted by Gasteiger charge is -2.25. The maximum Gasteiger partial charge on any atom is 0.300 e. The molecule has 1 aromatic rings. The summed E-state index contributed by atoms with van der Waals surface area (Å²) in [5.41, 5.74) is -0.474. The number of amides is 1. The summed E-state index contributed by atoms with van der Waals surface area (Å²) in [6.07, 6.45) is 1.73. The van der Waals surface area contributed by atoms with Crippen LogP contribution in [0.5, 0.6) is 0 Å². The number of hydrogen-bond donors (Lipinski definition) is 1. The molecule has 2 heterocycles. The Morgan fingerprint density at radius 2 is 2.40 bits per heavy atom.